The van der Waals surface area contributed by atoms with Crippen LogP contribution in [0.5, 0.6) is 11.5 Å². The van der Waals surface area contributed by atoms with E-state index >= 15 is 0 Å². The van der Waals surface area contributed by atoms with E-state index in [2.05, 4.69) is 15.5 Å². The molecule has 22 heavy (non-hydrogen) atoms. The summed E-state index contributed by atoms with van der Waals surface area (Å²) < 4.78 is 10.5. The van der Waals surface area contributed by atoms with Crippen LogP contribution < -0.4 is 14.8 Å². The smallest absolute Gasteiger partial charge is 0.225 e. The molecule has 1 amide bonds. The van der Waals surface area contributed by atoms with Crippen LogP contribution in [0, 0.1) is 0 Å². The number of hydrogen-bond donors (Lipinski definition) is 2. The van der Waals surface area contributed by atoms with Gasteiger partial charge in [-0.15, -0.1) is 0 Å². The van der Waals surface area contributed by atoms with Gasteiger partial charge in [-0.1, -0.05) is 6.92 Å². The minimum absolute atomic E-state index is 0.0842. The van der Waals surface area contributed by atoms with E-state index in [9.17, 15) is 4.79 Å². The Morgan fingerprint density at radius 2 is 2.09 bits per heavy atom. The molecular weight excluding hydrogens is 282 g/mol. The van der Waals surface area contributed by atoms with E-state index in [1.165, 1.54) is 0 Å². The summed E-state index contributed by atoms with van der Waals surface area (Å²) in [6, 6.07) is 7.39. The summed E-state index contributed by atoms with van der Waals surface area (Å²) in [7, 11) is 3.22. The predicted octanol–water partition coefficient (Wildman–Crippen LogP) is 2.56. The van der Waals surface area contributed by atoms with Gasteiger partial charge in [-0.25, -0.2) is 0 Å². The van der Waals surface area contributed by atoms with Gasteiger partial charge in [0.1, 0.15) is 11.5 Å². The molecule has 0 aliphatic rings. The van der Waals surface area contributed by atoms with Crippen molar-refractivity contribution in [3.63, 3.8) is 0 Å². The summed E-state index contributed by atoms with van der Waals surface area (Å²) in [5.74, 6) is 1.97. The van der Waals surface area contributed by atoms with Crippen LogP contribution in [0.15, 0.2) is 24.3 Å². The molecule has 0 radical (unpaired) electrons. The molecule has 0 unspecified atom stereocenters. The van der Waals surface area contributed by atoms with Crippen molar-refractivity contribution in [2.45, 2.75) is 26.2 Å². The van der Waals surface area contributed by atoms with Crippen LogP contribution in [0.1, 0.15) is 24.6 Å². The molecule has 118 valence electrons. The quantitative estimate of drug-likeness (QED) is 0.824. The first-order valence-corrected chi connectivity index (χ1v) is 7.21. The zero-order valence-corrected chi connectivity index (χ0v) is 13.1. The number of carbonyl (C=O) groups is 1. The average Bonchev–Trinajstić information content (AvgIpc) is 3.00. The number of methoxy groups -OCH3 is 2. The zero-order valence-electron chi connectivity index (χ0n) is 13.1. The number of rotatable bonds is 7. The van der Waals surface area contributed by atoms with E-state index < -0.39 is 0 Å². The second-order valence-electron chi connectivity index (χ2n) is 4.86. The number of nitrogens with zero attached hydrogens (tertiary/aromatic N) is 1. The lowest BCUT2D eigenvalue weighted by Crippen LogP contribution is -2.12. The fraction of sp³-hybridized carbons (Fsp3) is 0.375. The van der Waals surface area contributed by atoms with E-state index in [0.717, 1.165) is 29.2 Å². The maximum Gasteiger partial charge on any atom is 0.225 e. The first-order valence-electron chi connectivity index (χ1n) is 7.21. The van der Waals surface area contributed by atoms with Crippen molar-refractivity contribution < 1.29 is 14.3 Å². The van der Waals surface area contributed by atoms with Gasteiger partial charge in [0.25, 0.3) is 0 Å². The number of aromatic amines is 1. The summed E-state index contributed by atoms with van der Waals surface area (Å²) in [5.41, 5.74) is 1.93. The third-order valence-corrected chi connectivity index (χ3v) is 3.39. The van der Waals surface area contributed by atoms with Crippen molar-refractivity contribution in [1.29, 1.82) is 0 Å². The van der Waals surface area contributed by atoms with E-state index in [1.807, 2.05) is 31.2 Å². The molecule has 1 aromatic carbocycles. The van der Waals surface area contributed by atoms with E-state index in [1.54, 1.807) is 14.2 Å². The van der Waals surface area contributed by atoms with Crippen molar-refractivity contribution in [2.24, 2.45) is 0 Å². The Labute approximate surface area is 129 Å². The number of anilines is 1. The topological polar surface area (TPSA) is 76.2 Å². The Hall–Kier alpha value is -2.50. The van der Waals surface area contributed by atoms with Crippen molar-refractivity contribution in [1.82, 2.24) is 10.2 Å². The summed E-state index contributed by atoms with van der Waals surface area (Å²) in [4.78, 5) is 12.0. The highest BCUT2D eigenvalue weighted by Gasteiger charge is 2.10. The van der Waals surface area contributed by atoms with Gasteiger partial charge >= 0.3 is 0 Å². The Kier molecular flexibility index (Phi) is 5.41. The van der Waals surface area contributed by atoms with Gasteiger partial charge in [-0.2, -0.15) is 5.10 Å². The zero-order chi connectivity index (χ0) is 15.9. The SMILES string of the molecule is CCc1cc(NC(=O)CCc2cc(OC)ccc2OC)n[nH]1. The van der Waals surface area contributed by atoms with Crippen molar-refractivity contribution >= 4 is 11.7 Å². The summed E-state index contributed by atoms with van der Waals surface area (Å²) >= 11 is 0. The van der Waals surface area contributed by atoms with Gasteiger partial charge in [0.15, 0.2) is 5.82 Å². The van der Waals surface area contributed by atoms with E-state index in [4.69, 9.17) is 9.47 Å². The number of aromatic nitrogens is 2. The van der Waals surface area contributed by atoms with Crippen LogP contribution in [0.4, 0.5) is 5.82 Å². The fourth-order valence-corrected chi connectivity index (χ4v) is 2.14. The number of benzene rings is 1. The molecule has 0 fully saturated rings. The van der Waals surface area contributed by atoms with E-state index in [-0.39, 0.29) is 5.91 Å². The standard InChI is InChI=1S/C16H21N3O3/c1-4-12-10-15(19-18-12)17-16(20)8-5-11-9-13(21-2)6-7-14(11)22-3/h6-7,9-10H,4-5,8H2,1-3H3,(H2,17,18,19,20). The molecule has 6 nitrogen and oxygen atoms in total. The molecule has 1 heterocycles. The molecule has 2 aromatic rings. The normalized spacial score (nSPS) is 10.3. The Bertz CT molecular complexity index is 637. The van der Waals surface area contributed by atoms with Crippen molar-refractivity contribution in [3.8, 4) is 11.5 Å². The minimum Gasteiger partial charge on any atom is -0.497 e. The number of hydrogen-bond acceptors (Lipinski definition) is 4. The van der Waals surface area contributed by atoms with Gasteiger partial charge < -0.3 is 14.8 Å². The van der Waals surface area contributed by atoms with Crippen molar-refractivity contribution in [3.05, 3.63) is 35.5 Å². The van der Waals surface area contributed by atoms with Crippen LogP contribution in [0.25, 0.3) is 0 Å². The predicted molar refractivity (Wildman–Crippen MR) is 84.5 cm³/mol. The highest BCUT2D eigenvalue weighted by molar-refractivity contribution is 5.89. The highest BCUT2D eigenvalue weighted by atomic mass is 16.5. The van der Waals surface area contributed by atoms with Gasteiger partial charge in [0, 0.05) is 18.2 Å². The average molecular weight is 303 g/mol. The first kappa shape index (κ1) is 15.9. The number of carbonyl (C=O) groups excluding carboxylic acids is 1. The van der Waals surface area contributed by atoms with Crippen LogP contribution in [-0.2, 0) is 17.6 Å². The molecule has 0 aliphatic heterocycles. The second-order valence-corrected chi connectivity index (χ2v) is 4.86. The van der Waals surface area contributed by atoms with Crippen LogP contribution in [0.2, 0.25) is 0 Å². The van der Waals surface area contributed by atoms with Gasteiger partial charge in [0.2, 0.25) is 5.91 Å². The molecule has 2 N–H and O–H groups in total. The second kappa shape index (κ2) is 7.49. The van der Waals surface area contributed by atoms with Crippen LogP contribution in [-0.4, -0.2) is 30.3 Å². The number of H-pyrrole nitrogens is 1. The molecule has 0 spiro atoms. The van der Waals surface area contributed by atoms with E-state index in [0.29, 0.717) is 18.7 Å². The Morgan fingerprint density at radius 3 is 2.73 bits per heavy atom. The van der Waals surface area contributed by atoms with Crippen molar-refractivity contribution in [2.75, 3.05) is 19.5 Å². The van der Waals surface area contributed by atoms with Gasteiger partial charge in [-0.3, -0.25) is 9.89 Å². The molecule has 0 saturated heterocycles. The molecule has 0 saturated carbocycles. The lowest BCUT2D eigenvalue weighted by molar-refractivity contribution is -0.116. The molecular formula is C16H21N3O3. The molecule has 0 aliphatic carbocycles. The third-order valence-electron chi connectivity index (χ3n) is 3.39. The molecule has 6 heteroatoms. The Balaban J connectivity index is 1.95. The largest absolute Gasteiger partial charge is 0.497 e. The minimum atomic E-state index is -0.0842. The fourth-order valence-electron chi connectivity index (χ4n) is 2.14. The number of ether oxygens (including phenoxy) is 2. The van der Waals surface area contributed by atoms with Crippen LogP contribution >= 0.6 is 0 Å². The molecule has 2 rings (SSSR count). The lowest BCUT2D eigenvalue weighted by Gasteiger charge is -2.10. The Morgan fingerprint density at radius 1 is 1.27 bits per heavy atom. The molecule has 0 bridgehead atoms. The molecule has 0 atom stereocenters. The number of nitrogens with one attached hydrogen (secondary N) is 2. The maximum absolute atomic E-state index is 12.0. The summed E-state index contributed by atoms with van der Waals surface area (Å²) in [5, 5.41) is 9.69. The monoisotopic (exact) mass is 303 g/mol. The van der Waals surface area contributed by atoms with Gasteiger partial charge in [0.05, 0.1) is 14.2 Å². The third kappa shape index (κ3) is 4.00. The van der Waals surface area contributed by atoms with Crippen LogP contribution in [0.3, 0.4) is 0 Å². The summed E-state index contributed by atoms with van der Waals surface area (Å²) in [6.45, 7) is 2.02. The highest BCUT2D eigenvalue weighted by Crippen LogP contribution is 2.25. The number of aryl methyl sites for hydroxylation is 2. The summed E-state index contributed by atoms with van der Waals surface area (Å²) in [6.07, 6.45) is 1.76. The maximum atomic E-state index is 12.0. The number of amides is 1. The first-order chi connectivity index (χ1) is 10.7. The molecule has 1 aromatic heterocycles. The van der Waals surface area contributed by atoms with Gasteiger partial charge in [-0.05, 0) is 36.6 Å². The lowest BCUT2D eigenvalue weighted by atomic mass is 10.1.